The third-order valence-electron chi connectivity index (χ3n) is 5.31. The molecule has 0 aliphatic carbocycles. The van der Waals surface area contributed by atoms with E-state index in [1.807, 2.05) is 55.1 Å². The number of benzene rings is 2. The standard InChI is InChI=1S/C24H32N4O2S/c1-19-16-21(18-28-12-14-31-15-13-28)8-9-22(19)26-23(29)10-11-25-24(30)27(2)17-20-6-4-3-5-7-20/h3-9,16H,10-15,17-18H2,1-2H3,(H,25,30)(H,26,29). The maximum Gasteiger partial charge on any atom is 0.317 e. The van der Waals surface area contributed by atoms with E-state index in [4.69, 9.17) is 0 Å². The number of thioether (sulfide) groups is 1. The fourth-order valence-corrected chi connectivity index (χ4v) is 4.52. The van der Waals surface area contributed by atoms with Crippen molar-refractivity contribution in [3.05, 3.63) is 65.2 Å². The third kappa shape index (κ3) is 7.60. The molecule has 1 saturated heterocycles. The van der Waals surface area contributed by atoms with Crippen molar-refractivity contribution in [3.8, 4) is 0 Å². The maximum absolute atomic E-state index is 12.3. The zero-order valence-electron chi connectivity index (χ0n) is 18.4. The van der Waals surface area contributed by atoms with Gasteiger partial charge >= 0.3 is 6.03 Å². The van der Waals surface area contributed by atoms with Gasteiger partial charge in [-0.25, -0.2) is 4.79 Å². The summed E-state index contributed by atoms with van der Waals surface area (Å²) in [5.74, 6) is 2.30. The number of nitrogens with one attached hydrogen (secondary N) is 2. The number of carbonyl (C=O) groups is 2. The summed E-state index contributed by atoms with van der Waals surface area (Å²) in [5.41, 5.74) is 4.23. The largest absolute Gasteiger partial charge is 0.337 e. The first kappa shape index (κ1) is 23.2. The van der Waals surface area contributed by atoms with Crippen molar-refractivity contribution in [1.29, 1.82) is 0 Å². The minimum atomic E-state index is -0.187. The van der Waals surface area contributed by atoms with Crippen LogP contribution in [0.2, 0.25) is 0 Å². The van der Waals surface area contributed by atoms with Crippen LogP contribution in [0.25, 0.3) is 0 Å². The highest BCUT2D eigenvalue weighted by atomic mass is 32.2. The fourth-order valence-electron chi connectivity index (χ4n) is 3.54. The van der Waals surface area contributed by atoms with E-state index in [0.717, 1.165) is 36.4 Å². The molecule has 0 spiro atoms. The SMILES string of the molecule is Cc1cc(CN2CCSCC2)ccc1NC(=O)CCNC(=O)N(C)Cc1ccccc1. The van der Waals surface area contributed by atoms with Crippen molar-refractivity contribution in [2.75, 3.05) is 43.5 Å². The van der Waals surface area contributed by atoms with Crippen molar-refractivity contribution in [3.63, 3.8) is 0 Å². The van der Waals surface area contributed by atoms with Crippen LogP contribution in [-0.2, 0) is 17.9 Å². The predicted octanol–water partition coefficient (Wildman–Crippen LogP) is 3.71. The lowest BCUT2D eigenvalue weighted by atomic mass is 10.1. The van der Waals surface area contributed by atoms with E-state index < -0.39 is 0 Å². The number of nitrogens with zero attached hydrogens (tertiary/aromatic N) is 2. The molecule has 166 valence electrons. The minimum absolute atomic E-state index is 0.102. The molecule has 0 unspecified atom stereocenters. The molecular weight excluding hydrogens is 408 g/mol. The van der Waals surface area contributed by atoms with Crippen molar-refractivity contribution in [1.82, 2.24) is 15.1 Å². The van der Waals surface area contributed by atoms with Crippen LogP contribution in [0.4, 0.5) is 10.5 Å². The maximum atomic E-state index is 12.3. The molecule has 7 heteroatoms. The van der Waals surface area contributed by atoms with Gasteiger partial charge in [-0.1, -0.05) is 42.5 Å². The minimum Gasteiger partial charge on any atom is -0.337 e. The number of hydrogen-bond acceptors (Lipinski definition) is 4. The molecule has 2 aromatic carbocycles. The number of rotatable bonds is 8. The number of amides is 3. The fraction of sp³-hybridized carbons (Fsp3) is 0.417. The second-order valence-electron chi connectivity index (χ2n) is 7.91. The lowest BCUT2D eigenvalue weighted by Gasteiger charge is -2.26. The van der Waals surface area contributed by atoms with E-state index in [0.29, 0.717) is 13.1 Å². The Bertz CT molecular complexity index is 869. The Labute approximate surface area is 189 Å². The molecule has 0 radical (unpaired) electrons. The second-order valence-corrected chi connectivity index (χ2v) is 9.13. The van der Waals surface area contributed by atoms with Crippen LogP contribution in [0.1, 0.15) is 23.1 Å². The van der Waals surface area contributed by atoms with Crippen LogP contribution in [0.3, 0.4) is 0 Å². The van der Waals surface area contributed by atoms with Gasteiger partial charge in [0.25, 0.3) is 0 Å². The third-order valence-corrected chi connectivity index (χ3v) is 6.25. The molecule has 0 saturated carbocycles. The molecule has 0 aromatic heterocycles. The first-order valence-electron chi connectivity index (χ1n) is 10.7. The van der Waals surface area contributed by atoms with Gasteiger partial charge in [0.15, 0.2) is 0 Å². The van der Waals surface area contributed by atoms with E-state index in [1.54, 1.807) is 11.9 Å². The molecule has 0 bridgehead atoms. The number of anilines is 1. The Morgan fingerprint density at radius 2 is 1.81 bits per heavy atom. The van der Waals surface area contributed by atoms with Crippen molar-refractivity contribution in [2.24, 2.45) is 0 Å². The quantitative estimate of drug-likeness (QED) is 0.657. The summed E-state index contributed by atoms with van der Waals surface area (Å²) < 4.78 is 0. The predicted molar refractivity (Wildman–Crippen MR) is 128 cm³/mol. The van der Waals surface area contributed by atoms with Crippen molar-refractivity contribution < 1.29 is 9.59 Å². The van der Waals surface area contributed by atoms with Crippen LogP contribution < -0.4 is 10.6 Å². The van der Waals surface area contributed by atoms with Gasteiger partial charge in [-0.15, -0.1) is 0 Å². The Hall–Kier alpha value is -2.51. The van der Waals surface area contributed by atoms with E-state index in [9.17, 15) is 9.59 Å². The van der Waals surface area contributed by atoms with Gasteiger partial charge in [-0.3, -0.25) is 9.69 Å². The van der Waals surface area contributed by atoms with E-state index in [2.05, 4.69) is 27.7 Å². The Balaban J connectivity index is 1.40. The van der Waals surface area contributed by atoms with Crippen LogP contribution in [0, 0.1) is 6.92 Å². The number of urea groups is 1. The first-order chi connectivity index (χ1) is 15.0. The summed E-state index contributed by atoms with van der Waals surface area (Å²) in [6.07, 6.45) is 0.234. The van der Waals surface area contributed by atoms with Gasteiger partial charge in [-0.05, 0) is 29.7 Å². The molecule has 3 amide bonds. The Kier molecular flexibility index (Phi) is 8.79. The van der Waals surface area contributed by atoms with Gasteiger partial charge in [-0.2, -0.15) is 11.8 Å². The number of aryl methyl sites for hydroxylation is 1. The molecule has 2 aromatic rings. The summed E-state index contributed by atoms with van der Waals surface area (Å²) in [6, 6.07) is 15.8. The number of carbonyl (C=O) groups excluding carboxylic acids is 2. The smallest absolute Gasteiger partial charge is 0.317 e. The average molecular weight is 441 g/mol. The molecule has 1 fully saturated rings. The van der Waals surface area contributed by atoms with E-state index in [-0.39, 0.29) is 18.4 Å². The summed E-state index contributed by atoms with van der Waals surface area (Å²) in [5, 5.41) is 5.77. The zero-order chi connectivity index (χ0) is 22.1. The van der Waals surface area contributed by atoms with Gasteiger partial charge in [0.05, 0.1) is 0 Å². The molecule has 2 N–H and O–H groups in total. The van der Waals surface area contributed by atoms with Crippen molar-refractivity contribution in [2.45, 2.75) is 26.4 Å². The van der Waals surface area contributed by atoms with Crippen LogP contribution in [0.15, 0.2) is 48.5 Å². The lowest BCUT2D eigenvalue weighted by molar-refractivity contribution is -0.116. The van der Waals surface area contributed by atoms with Crippen LogP contribution in [-0.4, -0.2) is 59.9 Å². The topological polar surface area (TPSA) is 64.7 Å². The highest BCUT2D eigenvalue weighted by Gasteiger charge is 2.13. The molecular formula is C24H32N4O2S. The molecule has 31 heavy (non-hydrogen) atoms. The summed E-state index contributed by atoms with van der Waals surface area (Å²) in [6.45, 7) is 6.07. The van der Waals surface area contributed by atoms with Gasteiger partial charge < -0.3 is 15.5 Å². The molecule has 1 aliphatic rings. The van der Waals surface area contributed by atoms with Crippen LogP contribution >= 0.6 is 11.8 Å². The Morgan fingerprint density at radius 1 is 1.06 bits per heavy atom. The normalized spacial score (nSPS) is 14.1. The molecule has 1 aliphatic heterocycles. The summed E-state index contributed by atoms with van der Waals surface area (Å²) in [4.78, 5) is 28.6. The molecule has 0 atom stereocenters. The first-order valence-corrected chi connectivity index (χ1v) is 11.9. The second kappa shape index (κ2) is 11.8. The zero-order valence-corrected chi connectivity index (χ0v) is 19.2. The lowest BCUT2D eigenvalue weighted by Crippen LogP contribution is -2.38. The highest BCUT2D eigenvalue weighted by molar-refractivity contribution is 7.99. The molecule has 3 rings (SSSR count). The highest BCUT2D eigenvalue weighted by Crippen LogP contribution is 2.19. The van der Waals surface area contributed by atoms with Gasteiger partial charge in [0, 0.05) is 63.4 Å². The summed E-state index contributed by atoms with van der Waals surface area (Å²) in [7, 11) is 1.75. The summed E-state index contributed by atoms with van der Waals surface area (Å²) >= 11 is 2.01. The number of hydrogen-bond donors (Lipinski definition) is 2. The monoisotopic (exact) mass is 440 g/mol. The Morgan fingerprint density at radius 3 is 2.52 bits per heavy atom. The molecule has 6 nitrogen and oxygen atoms in total. The van der Waals surface area contributed by atoms with Crippen molar-refractivity contribution >= 4 is 29.4 Å². The van der Waals surface area contributed by atoms with Gasteiger partial charge in [0.2, 0.25) is 5.91 Å². The van der Waals surface area contributed by atoms with E-state index >= 15 is 0 Å². The molecule has 1 heterocycles. The van der Waals surface area contributed by atoms with Crippen LogP contribution in [0.5, 0.6) is 0 Å². The van der Waals surface area contributed by atoms with Gasteiger partial charge in [0.1, 0.15) is 0 Å². The average Bonchev–Trinajstić information content (AvgIpc) is 2.77. The van der Waals surface area contributed by atoms with E-state index in [1.165, 1.54) is 17.1 Å².